The molecule has 0 aliphatic rings. The summed E-state index contributed by atoms with van der Waals surface area (Å²) in [7, 11) is 1.69. The van der Waals surface area contributed by atoms with Crippen molar-refractivity contribution in [1.29, 1.82) is 0 Å². The molecule has 0 radical (unpaired) electrons. The molecule has 0 unspecified atom stereocenters. The van der Waals surface area contributed by atoms with Crippen molar-refractivity contribution in [1.82, 2.24) is 0 Å². The molecule has 0 saturated heterocycles. The first kappa shape index (κ1) is 15.3. The third-order valence-corrected chi connectivity index (χ3v) is 2.66. The van der Waals surface area contributed by atoms with Crippen LogP contribution in [0.2, 0.25) is 0 Å². The van der Waals surface area contributed by atoms with Gasteiger partial charge in [-0.2, -0.15) is 0 Å². The fraction of sp³-hybridized carbons (Fsp3) is 0.538. The third kappa shape index (κ3) is 4.42. The quantitative estimate of drug-likeness (QED) is 0.774. The number of para-hydroxylation sites is 1. The maximum Gasteiger partial charge on any atom is 0.123 e. The molecule has 3 heteroatoms. The number of unbranched alkanes of at least 4 members (excludes halogenated alkanes) is 2. The minimum absolute atomic E-state index is 0. The van der Waals surface area contributed by atoms with Crippen LogP contribution in [0, 0.1) is 0 Å². The summed E-state index contributed by atoms with van der Waals surface area (Å²) in [5.74, 6) is 0.904. The van der Waals surface area contributed by atoms with E-state index in [2.05, 4.69) is 13.0 Å². The van der Waals surface area contributed by atoms with Crippen molar-refractivity contribution in [3.05, 3.63) is 29.8 Å². The lowest BCUT2D eigenvalue weighted by molar-refractivity contribution is 0.403. The Labute approximate surface area is 105 Å². The van der Waals surface area contributed by atoms with Gasteiger partial charge in [0.2, 0.25) is 0 Å². The zero-order valence-corrected chi connectivity index (χ0v) is 10.9. The van der Waals surface area contributed by atoms with Gasteiger partial charge in [-0.3, -0.25) is 0 Å². The van der Waals surface area contributed by atoms with E-state index in [4.69, 9.17) is 10.5 Å². The van der Waals surface area contributed by atoms with Crippen LogP contribution < -0.4 is 10.5 Å². The Balaban J connectivity index is 0.00000225. The van der Waals surface area contributed by atoms with Crippen molar-refractivity contribution in [3.8, 4) is 5.75 Å². The van der Waals surface area contributed by atoms with Crippen LogP contribution in [0.25, 0.3) is 0 Å². The van der Waals surface area contributed by atoms with Gasteiger partial charge in [-0.05, 0) is 12.5 Å². The average molecular weight is 244 g/mol. The molecular weight excluding hydrogens is 222 g/mol. The van der Waals surface area contributed by atoms with Gasteiger partial charge in [-0.1, -0.05) is 44.4 Å². The van der Waals surface area contributed by atoms with Gasteiger partial charge in [-0.25, -0.2) is 0 Å². The maximum atomic E-state index is 6.13. The third-order valence-electron chi connectivity index (χ3n) is 2.66. The summed E-state index contributed by atoms with van der Waals surface area (Å²) in [6.45, 7) is 2.20. The van der Waals surface area contributed by atoms with Crippen molar-refractivity contribution in [2.75, 3.05) is 7.11 Å². The van der Waals surface area contributed by atoms with E-state index in [9.17, 15) is 0 Å². The van der Waals surface area contributed by atoms with E-state index in [0.717, 1.165) is 17.7 Å². The van der Waals surface area contributed by atoms with Gasteiger partial charge in [0, 0.05) is 11.6 Å². The molecule has 0 heterocycles. The lowest BCUT2D eigenvalue weighted by Crippen LogP contribution is -2.11. The second kappa shape index (κ2) is 8.43. The van der Waals surface area contributed by atoms with Gasteiger partial charge in [0.25, 0.3) is 0 Å². The molecule has 0 fully saturated rings. The molecule has 2 N–H and O–H groups in total. The number of ether oxygens (including phenoxy) is 1. The maximum absolute atomic E-state index is 6.13. The van der Waals surface area contributed by atoms with Crippen LogP contribution in [0.1, 0.15) is 44.2 Å². The minimum atomic E-state index is 0. The smallest absolute Gasteiger partial charge is 0.123 e. The Kier molecular flexibility index (Phi) is 8.04. The Morgan fingerprint density at radius 2 is 1.94 bits per heavy atom. The van der Waals surface area contributed by atoms with Crippen LogP contribution in [0.15, 0.2) is 24.3 Å². The molecule has 0 aliphatic carbocycles. The van der Waals surface area contributed by atoms with Crippen LogP contribution in [0.4, 0.5) is 0 Å². The average Bonchev–Trinajstić information content (AvgIpc) is 2.29. The van der Waals surface area contributed by atoms with Crippen LogP contribution in [0.3, 0.4) is 0 Å². The Morgan fingerprint density at radius 1 is 1.25 bits per heavy atom. The summed E-state index contributed by atoms with van der Waals surface area (Å²) in [4.78, 5) is 0. The molecule has 0 saturated carbocycles. The molecule has 92 valence electrons. The Bertz CT molecular complexity index is 291. The number of hydrogen-bond acceptors (Lipinski definition) is 2. The standard InChI is InChI=1S/C13H21NO.ClH/c1-3-4-5-9-12(14)11-8-6-7-10-13(11)15-2;/h6-8,10,12H,3-5,9,14H2,1-2H3;1H/t12-;/m1./s1. The summed E-state index contributed by atoms with van der Waals surface area (Å²) < 4.78 is 5.29. The van der Waals surface area contributed by atoms with E-state index in [0.29, 0.717) is 0 Å². The molecule has 1 rings (SSSR count). The lowest BCUT2D eigenvalue weighted by Gasteiger charge is -2.15. The van der Waals surface area contributed by atoms with Crippen LogP contribution in [-0.2, 0) is 0 Å². The Hall–Kier alpha value is -0.730. The van der Waals surface area contributed by atoms with Crippen LogP contribution in [0.5, 0.6) is 5.75 Å². The van der Waals surface area contributed by atoms with Crippen LogP contribution in [-0.4, -0.2) is 7.11 Å². The first-order valence-electron chi connectivity index (χ1n) is 5.68. The second-order valence-electron chi connectivity index (χ2n) is 3.84. The first-order chi connectivity index (χ1) is 7.29. The molecule has 2 nitrogen and oxygen atoms in total. The van der Waals surface area contributed by atoms with Crippen molar-refractivity contribution in [2.24, 2.45) is 5.73 Å². The predicted molar refractivity (Wildman–Crippen MR) is 71.3 cm³/mol. The van der Waals surface area contributed by atoms with E-state index < -0.39 is 0 Å². The topological polar surface area (TPSA) is 35.2 Å². The normalized spacial score (nSPS) is 11.7. The first-order valence-corrected chi connectivity index (χ1v) is 5.68. The highest BCUT2D eigenvalue weighted by atomic mass is 35.5. The highest BCUT2D eigenvalue weighted by Crippen LogP contribution is 2.26. The molecule has 0 bridgehead atoms. The van der Waals surface area contributed by atoms with Gasteiger partial charge in [0.15, 0.2) is 0 Å². The second-order valence-corrected chi connectivity index (χ2v) is 3.84. The largest absolute Gasteiger partial charge is 0.496 e. The highest BCUT2D eigenvalue weighted by Gasteiger charge is 2.10. The van der Waals surface area contributed by atoms with E-state index in [1.54, 1.807) is 7.11 Å². The molecule has 1 atom stereocenters. The van der Waals surface area contributed by atoms with Gasteiger partial charge in [-0.15, -0.1) is 12.4 Å². The number of nitrogens with two attached hydrogens (primary N) is 1. The van der Waals surface area contributed by atoms with E-state index in [-0.39, 0.29) is 18.4 Å². The molecule has 0 aromatic heterocycles. The predicted octanol–water partition coefficient (Wildman–Crippen LogP) is 3.70. The molecule has 0 spiro atoms. The minimum Gasteiger partial charge on any atom is -0.496 e. The number of rotatable bonds is 6. The summed E-state index contributed by atoms with van der Waals surface area (Å²) >= 11 is 0. The monoisotopic (exact) mass is 243 g/mol. The zero-order valence-electron chi connectivity index (χ0n) is 10.1. The fourth-order valence-electron chi connectivity index (χ4n) is 1.74. The molecule has 0 amide bonds. The van der Waals surface area contributed by atoms with E-state index >= 15 is 0 Å². The van der Waals surface area contributed by atoms with Gasteiger partial charge in [0.1, 0.15) is 5.75 Å². The number of benzene rings is 1. The summed E-state index contributed by atoms with van der Waals surface area (Å²) in [6, 6.07) is 8.11. The summed E-state index contributed by atoms with van der Waals surface area (Å²) in [5.41, 5.74) is 7.25. The van der Waals surface area contributed by atoms with E-state index in [1.807, 2.05) is 18.2 Å². The number of halogens is 1. The van der Waals surface area contributed by atoms with Crippen molar-refractivity contribution in [2.45, 2.75) is 38.6 Å². The van der Waals surface area contributed by atoms with Gasteiger partial charge < -0.3 is 10.5 Å². The molecule has 0 aliphatic heterocycles. The van der Waals surface area contributed by atoms with Crippen molar-refractivity contribution in [3.63, 3.8) is 0 Å². The molecular formula is C13H22ClNO. The van der Waals surface area contributed by atoms with Gasteiger partial charge >= 0.3 is 0 Å². The highest BCUT2D eigenvalue weighted by molar-refractivity contribution is 5.85. The number of methoxy groups -OCH3 is 1. The van der Waals surface area contributed by atoms with Crippen molar-refractivity contribution >= 4 is 12.4 Å². The molecule has 16 heavy (non-hydrogen) atoms. The number of hydrogen-bond donors (Lipinski definition) is 1. The SMILES string of the molecule is CCCCC[C@@H](N)c1ccccc1OC.Cl. The Morgan fingerprint density at radius 3 is 2.56 bits per heavy atom. The van der Waals surface area contributed by atoms with Crippen LogP contribution >= 0.6 is 12.4 Å². The molecule has 1 aromatic rings. The van der Waals surface area contributed by atoms with E-state index in [1.165, 1.54) is 19.3 Å². The summed E-state index contributed by atoms with van der Waals surface area (Å²) in [5, 5.41) is 0. The molecule has 1 aromatic carbocycles. The lowest BCUT2D eigenvalue weighted by atomic mass is 10.0. The van der Waals surface area contributed by atoms with Crippen molar-refractivity contribution < 1.29 is 4.74 Å². The fourth-order valence-corrected chi connectivity index (χ4v) is 1.74. The van der Waals surface area contributed by atoms with Gasteiger partial charge in [0.05, 0.1) is 7.11 Å². The summed E-state index contributed by atoms with van der Waals surface area (Å²) in [6.07, 6.45) is 4.71. The zero-order chi connectivity index (χ0) is 11.1.